The van der Waals surface area contributed by atoms with E-state index in [9.17, 15) is 9.59 Å². The van der Waals surface area contributed by atoms with Gasteiger partial charge in [0.2, 0.25) is 5.91 Å². The van der Waals surface area contributed by atoms with Crippen LogP contribution in [0.15, 0.2) is 18.2 Å². The smallest absolute Gasteiger partial charge is 0.307 e. The summed E-state index contributed by atoms with van der Waals surface area (Å²) in [6.45, 7) is 2.38. The van der Waals surface area contributed by atoms with Gasteiger partial charge >= 0.3 is 5.97 Å². The largest absolute Gasteiger partial charge is 0.493 e. The van der Waals surface area contributed by atoms with Crippen molar-refractivity contribution in [3.05, 3.63) is 23.8 Å². The predicted octanol–water partition coefficient (Wildman–Crippen LogP) is 1.66. The zero-order valence-corrected chi connectivity index (χ0v) is 13.5. The minimum Gasteiger partial charge on any atom is -0.493 e. The molecule has 0 aromatic heterocycles. The van der Waals surface area contributed by atoms with E-state index in [1.54, 1.807) is 19.1 Å². The van der Waals surface area contributed by atoms with E-state index in [0.717, 1.165) is 5.56 Å². The lowest BCUT2D eigenvalue weighted by Gasteiger charge is -2.20. The fraction of sp³-hybridized carbons (Fsp3) is 0.500. The van der Waals surface area contributed by atoms with Crippen molar-refractivity contribution in [2.24, 2.45) is 0 Å². The molecule has 1 rings (SSSR count). The van der Waals surface area contributed by atoms with Crippen molar-refractivity contribution in [2.75, 3.05) is 34.4 Å². The van der Waals surface area contributed by atoms with Gasteiger partial charge < -0.3 is 19.1 Å². The van der Waals surface area contributed by atoms with Crippen molar-refractivity contribution < 1.29 is 23.8 Å². The Kier molecular flexibility index (Phi) is 7.22. The Labute approximate surface area is 131 Å². The van der Waals surface area contributed by atoms with Crippen molar-refractivity contribution in [1.82, 2.24) is 4.90 Å². The Hall–Kier alpha value is -2.24. The molecular weight excluding hydrogens is 286 g/mol. The van der Waals surface area contributed by atoms with Crippen LogP contribution in [0, 0.1) is 0 Å². The predicted molar refractivity (Wildman–Crippen MR) is 82.1 cm³/mol. The Morgan fingerprint density at radius 2 is 1.73 bits per heavy atom. The molecule has 0 aliphatic heterocycles. The molecule has 0 heterocycles. The summed E-state index contributed by atoms with van der Waals surface area (Å²) < 4.78 is 15.0. The summed E-state index contributed by atoms with van der Waals surface area (Å²) in [6.07, 6.45) is 0.864. The molecule has 0 spiro atoms. The highest BCUT2D eigenvalue weighted by Crippen LogP contribution is 2.27. The van der Waals surface area contributed by atoms with E-state index in [4.69, 9.17) is 9.47 Å². The van der Waals surface area contributed by atoms with Gasteiger partial charge in [0, 0.05) is 20.0 Å². The van der Waals surface area contributed by atoms with Gasteiger partial charge in [0.15, 0.2) is 11.5 Å². The fourth-order valence-electron chi connectivity index (χ4n) is 2.06. The number of carbonyl (C=O) groups excluding carboxylic acids is 2. The van der Waals surface area contributed by atoms with Gasteiger partial charge in [-0.25, -0.2) is 0 Å². The molecule has 0 radical (unpaired) electrons. The van der Waals surface area contributed by atoms with E-state index >= 15 is 0 Å². The molecule has 0 fully saturated rings. The van der Waals surface area contributed by atoms with Gasteiger partial charge in [-0.15, -0.1) is 0 Å². The molecule has 0 N–H and O–H groups in total. The molecule has 122 valence electrons. The summed E-state index contributed by atoms with van der Waals surface area (Å²) in [4.78, 5) is 24.4. The molecule has 1 aromatic carbocycles. The highest BCUT2D eigenvalue weighted by atomic mass is 16.5. The van der Waals surface area contributed by atoms with Gasteiger partial charge in [0.1, 0.15) is 0 Å². The standard InChI is InChI=1S/C16H23NO5/c1-12(18)17(10-8-16(19)22-4)9-7-13-5-6-14(20-2)15(11-13)21-3/h5-6,11H,7-10H2,1-4H3. The molecule has 0 bridgehead atoms. The van der Waals surface area contributed by atoms with Crippen LogP contribution in [-0.4, -0.2) is 51.2 Å². The van der Waals surface area contributed by atoms with Crippen LogP contribution in [-0.2, 0) is 20.7 Å². The number of hydrogen-bond acceptors (Lipinski definition) is 5. The van der Waals surface area contributed by atoms with Gasteiger partial charge in [-0.1, -0.05) is 6.07 Å². The number of methoxy groups -OCH3 is 3. The van der Waals surface area contributed by atoms with Crippen molar-refractivity contribution in [1.29, 1.82) is 0 Å². The highest BCUT2D eigenvalue weighted by Gasteiger charge is 2.12. The maximum Gasteiger partial charge on any atom is 0.307 e. The molecule has 0 unspecified atom stereocenters. The molecule has 0 aliphatic rings. The van der Waals surface area contributed by atoms with E-state index in [1.165, 1.54) is 14.0 Å². The number of rotatable bonds is 8. The van der Waals surface area contributed by atoms with Gasteiger partial charge in [-0.05, 0) is 24.1 Å². The minimum atomic E-state index is -0.322. The molecule has 6 heteroatoms. The zero-order valence-electron chi connectivity index (χ0n) is 13.5. The van der Waals surface area contributed by atoms with Crippen LogP contribution in [0.4, 0.5) is 0 Å². The van der Waals surface area contributed by atoms with Crippen LogP contribution in [0.2, 0.25) is 0 Å². The summed E-state index contributed by atoms with van der Waals surface area (Å²) >= 11 is 0. The number of esters is 1. The molecule has 22 heavy (non-hydrogen) atoms. The second-order valence-electron chi connectivity index (χ2n) is 4.77. The average Bonchev–Trinajstić information content (AvgIpc) is 2.53. The third kappa shape index (κ3) is 5.27. The lowest BCUT2D eigenvalue weighted by Crippen LogP contribution is -2.33. The molecule has 6 nitrogen and oxygen atoms in total. The number of amides is 1. The topological polar surface area (TPSA) is 65.1 Å². The number of carbonyl (C=O) groups is 2. The SMILES string of the molecule is COC(=O)CCN(CCc1ccc(OC)c(OC)c1)C(C)=O. The number of benzene rings is 1. The first kappa shape index (κ1) is 17.8. The number of ether oxygens (including phenoxy) is 3. The van der Waals surface area contributed by atoms with Gasteiger partial charge in [0.25, 0.3) is 0 Å². The molecule has 1 aromatic rings. The van der Waals surface area contributed by atoms with Crippen molar-refractivity contribution in [3.8, 4) is 11.5 Å². The lowest BCUT2D eigenvalue weighted by atomic mass is 10.1. The van der Waals surface area contributed by atoms with Crippen molar-refractivity contribution >= 4 is 11.9 Å². The minimum absolute atomic E-state index is 0.0654. The maximum atomic E-state index is 11.6. The monoisotopic (exact) mass is 309 g/mol. The first-order valence-electron chi connectivity index (χ1n) is 7.05. The summed E-state index contributed by atoms with van der Waals surface area (Å²) in [6, 6.07) is 5.65. The van der Waals surface area contributed by atoms with E-state index in [-0.39, 0.29) is 18.3 Å². The lowest BCUT2D eigenvalue weighted by molar-refractivity contribution is -0.141. The Morgan fingerprint density at radius 1 is 1.05 bits per heavy atom. The van der Waals surface area contributed by atoms with E-state index in [0.29, 0.717) is 31.0 Å². The van der Waals surface area contributed by atoms with Crippen LogP contribution in [0.25, 0.3) is 0 Å². The molecule has 0 saturated heterocycles. The molecule has 0 saturated carbocycles. The summed E-state index contributed by atoms with van der Waals surface area (Å²) in [5, 5.41) is 0. The molecule has 0 aliphatic carbocycles. The van der Waals surface area contributed by atoms with Crippen LogP contribution >= 0.6 is 0 Å². The highest BCUT2D eigenvalue weighted by molar-refractivity contribution is 5.75. The van der Waals surface area contributed by atoms with Crippen molar-refractivity contribution in [3.63, 3.8) is 0 Å². The molecular formula is C16H23NO5. The Bertz CT molecular complexity index is 515. The van der Waals surface area contributed by atoms with Gasteiger partial charge in [-0.2, -0.15) is 0 Å². The fourth-order valence-corrected chi connectivity index (χ4v) is 2.06. The van der Waals surface area contributed by atoms with E-state index in [1.807, 2.05) is 18.2 Å². The summed E-state index contributed by atoms with van der Waals surface area (Å²) in [7, 11) is 4.51. The van der Waals surface area contributed by atoms with Crippen LogP contribution in [0.5, 0.6) is 11.5 Å². The zero-order chi connectivity index (χ0) is 16.5. The third-order valence-corrected chi connectivity index (χ3v) is 3.38. The normalized spacial score (nSPS) is 10.0. The quantitative estimate of drug-likeness (QED) is 0.683. The van der Waals surface area contributed by atoms with E-state index in [2.05, 4.69) is 4.74 Å². The Morgan fingerprint density at radius 3 is 2.27 bits per heavy atom. The van der Waals surface area contributed by atoms with E-state index < -0.39 is 0 Å². The molecule has 1 amide bonds. The Balaban J connectivity index is 2.64. The third-order valence-electron chi connectivity index (χ3n) is 3.38. The number of hydrogen-bond donors (Lipinski definition) is 0. The van der Waals surface area contributed by atoms with Crippen LogP contribution < -0.4 is 9.47 Å². The average molecular weight is 309 g/mol. The van der Waals surface area contributed by atoms with Gasteiger partial charge in [-0.3, -0.25) is 9.59 Å². The second-order valence-corrected chi connectivity index (χ2v) is 4.77. The van der Waals surface area contributed by atoms with Crippen LogP contribution in [0.3, 0.4) is 0 Å². The summed E-state index contributed by atoms with van der Waals surface area (Å²) in [5.41, 5.74) is 1.03. The van der Waals surface area contributed by atoms with Crippen LogP contribution in [0.1, 0.15) is 18.9 Å². The van der Waals surface area contributed by atoms with Gasteiger partial charge in [0.05, 0.1) is 27.8 Å². The maximum absolute atomic E-state index is 11.6. The first-order valence-corrected chi connectivity index (χ1v) is 7.05. The first-order chi connectivity index (χ1) is 10.5. The summed E-state index contributed by atoms with van der Waals surface area (Å²) in [5.74, 6) is 0.936. The second kappa shape index (κ2) is 8.92. The molecule has 0 atom stereocenters. The van der Waals surface area contributed by atoms with Crippen molar-refractivity contribution in [2.45, 2.75) is 19.8 Å². The number of nitrogens with zero attached hydrogens (tertiary/aromatic N) is 1.